The Morgan fingerprint density at radius 1 is 1.47 bits per heavy atom. The third-order valence-corrected chi connectivity index (χ3v) is 3.97. The molecule has 2 aliphatic heterocycles. The fourth-order valence-electron chi connectivity index (χ4n) is 2.94. The van der Waals surface area contributed by atoms with E-state index in [2.05, 4.69) is 10.6 Å². The van der Waals surface area contributed by atoms with Gasteiger partial charge < -0.3 is 20.0 Å². The molecule has 104 valence electrons. The summed E-state index contributed by atoms with van der Waals surface area (Å²) in [7, 11) is 0. The van der Waals surface area contributed by atoms with E-state index in [1.807, 2.05) is 24.0 Å². The zero-order chi connectivity index (χ0) is 13.2. The van der Waals surface area contributed by atoms with Crippen LogP contribution in [0.1, 0.15) is 30.4 Å². The van der Waals surface area contributed by atoms with Crippen LogP contribution in [0.4, 0.5) is 4.79 Å². The highest BCUT2D eigenvalue weighted by atomic mass is 16.3. The lowest BCUT2D eigenvalue weighted by molar-refractivity contribution is 0.202. The van der Waals surface area contributed by atoms with E-state index in [1.165, 1.54) is 12.8 Å². The van der Waals surface area contributed by atoms with Crippen LogP contribution in [0.2, 0.25) is 0 Å². The molecule has 1 aromatic rings. The number of nitrogens with one attached hydrogen (secondary N) is 2. The zero-order valence-electron chi connectivity index (χ0n) is 11.3. The Labute approximate surface area is 113 Å². The lowest BCUT2D eigenvalue weighted by Crippen LogP contribution is -2.39. The summed E-state index contributed by atoms with van der Waals surface area (Å²) in [5, 5.41) is 6.39. The summed E-state index contributed by atoms with van der Waals surface area (Å²) in [6.45, 7) is 5.61. The van der Waals surface area contributed by atoms with Crippen molar-refractivity contribution in [2.24, 2.45) is 5.92 Å². The van der Waals surface area contributed by atoms with E-state index in [-0.39, 0.29) is 12.1 Å². The number of hydrogen-bond donors (Lipinski definition) is 2. The van der Waals surface area contributed by atoms with Crippen molar-refractivity contribution in [2.75, 3.05) is 26.2 Å². The number of amides is 2. The van der Waals surface area contributed by atoms with Gasteiger partial charge in [-0.2, -0.15) is 0 Å². The number of carbonyl (C=O) groups is 1. The summed E-state index contributed by atoms with van der Waals surface area (Å²) in [6, 6.07) is 3.92. The lowest BCUT2D eigenvalue weighted by atomic mass is 9.99. The van der Waals surface area contributed by atoms with Gasteiger partial charge in [0.1, 0.15) is 17.6 Å². The molecule has 3 heterocycles. The quantitative estimate of drug-likeness (QED) is 0.872. The molecule has 5 nitrogen and oxygen atoms in total. The SMILES string of the molecule is Cc1ccc(C2CN(CC3CCCNC3)C(=O)N2)o1. The van der Waals surface area contributed by atoms with Gasteiger partial charge in [-0.05, 0) is 50.9 Å². The molecule has 3 rings (SSSR count). The molecular weight excluding hydrogens is 242 g/mol. The Kier molecular flexibility index (Phi) is 3.46. The van der Waals surface area contributed by atoms with E-state index >= 15 is 0 Å². The summed E-state index contributed by atoms with van der Waals surface area (Å²) < 4.78 is 5.60. The first-order valence-corrected chi connectivity index (χ1v) is 7.05. The number of hydrogen-bond acceptors (Lipinski definition) is 3. The second-order valence-electron chi connectivity index (χ2n) is 5.57. The number of aryl methyl sites for hydroxylation is 1. The van der Waals surface area contributed by atoms with Crippen molar-refractivity contribution in [3.05, 3.63) is 23.7 Å². The Morgan fingerprint density at radius 3 is 3.05 bits per heavy atom. The largest absolute Gasteiger partial charge is 0.464 e. The van der Waals surface area contributed by atoms with Crippen molar-refractivity contribution in [1.29, 1.82) is 0 Å². The smallest absolute Gasteiger partial charge is 0.318 e. The van der Waals surface area contributed by atoms with Gasteiger partial charge in [0.2, 0.25) is 0 Å². The number of nitrogens with zero attached hydrogens (tertiary/aromatic N) is 1. The molecule has 0 radical (unpaired) electrons. The molecule has 2 atom stereocenters. The maximum Gasteiger partial charge on any atom is 0.318 e. The van der Waals surface area contributed by atoms with Gasteiger partial charge in [-0.1, -0.05) is 0 Å². The van der Waals surface area contributed by atoms with Gasteiger partial charge >= 0.3 is 6.03 Å². The molecule has 19 heavy (non-hydrogen) atoms. The maximum absolute atomic E-state index is 12.0. The van der Waals surface area contributed by atoms with Crippen molar-refractivity contribution in [1.82, 2.24) is 15.5 Å². The maximum atomic E-state index is 12.0. The van der Waals surface area contributed by atoms with Crippen LogP contribution >= 0.6 is 0 Å². The van der Waals surface area contributed by atoms with Crippen LogP contribution in [0.25, 0.3) is 0 Å². The van der Waals surface area contributed by atoms with E-state index in [0.29, 0.717) is 12.5 Å². The van der Waals surface area contributed by atoms with Gasteiger partial charge in [-0.15, -0.1) is 0 Å². The van der Waals surface area contributed by atoms with Crippen molar-refractivity contribution >= 4 is 6.03 Å². The van der Waals surface area contributed by atoms with Crippen LogP contribution in [-0.2, 0) is 0 Å². The highest BCUT2D eigenvalue weighted by molar-refractivity contribution is 5.77. The molecule has 0 aliphatic carbocycles. The minimum atomic E-state index is -0.00208. The van der Waals surface area contributed by atoms with Crippen molar-refractivity contribution in [2.45, 2.75) is 25.8 Å². The number of piperidine rings is 1. The van der Waals surface area contributed by atoms with E-state index in [0.717, 1.165) is 31.2 Å². The highest BCUT2D eigenvalue weighted by Crippen LogP contribution is 2.23. The Morgan fingerprint density at radius 2 is 2.37 bits per heavy atom. The molecule has 0 saturated carbocycles. The van der Waals surface area contributed by atoms with Gasteiger partial charge in [0.05, 0.1) is 0 Å². The van der Waals surface area contributed by atoms with E-state index in [4.69, 9.17) is 4.42 Å². The molecular formula is C14H21N3O2. The van der Waals surface area contributed by atoms with Gasteiger partial charge in [0, 0.05) is 13.1 Å². The molecule has 2 fully saturated rings. The third kappa shape index (κ3) is 2.76. The van der Waals surface area contributed by atoms with Gasteiger partial charge in [-0.25, -0.2) is 4.79 Å². The van der Waals surface area contributed by atoms with Gasteiger partial charge in [0.25, 0.3) is 0 Å². The fourth-order valence-corrected chi connectivity index (χ4v) is 2.94. The molecule has 2 N–H and O–H groups in total. The van der Waals surface area contributed by atoms with Crippen LogP contribution < -0.4 is 10.6 Å². The van der Waals surface area contributed by atoms with Gasteiger partial charge in [0.15, 0.2) is 0 Å². The predicted molar refractivity (Wildman–Crippen MR) is 71.9 cm³/mol. The number of carbonyl (C=O) groups excluding carboxylic acids is 1. The molecule has 2 unspecified atom stereocenters. The minimum absolute atomic E-state index is 0.00208. The number of furan rings is 1. The van der Waals surface area contributed by atoms with Crippen LogP contribution in [0, 0.1) is 12.8 Å². The summed E-state index contributed by atoms with van der Waals surface area (Å²) >= 11 is 0. The first-order chi connectivity index (χ1) is 9.22. The molecule has 2 amide bonds. The summed E-state index contributed by atoms with van der Waals surface area (Å²) in [4.78, 5) is 13.9. The Bertz CT molecular complexity index is 451. The first kappa shape index (κ1) is 12.5. The minimum Gasteiger partial charge on any atom is -0.464 e. The average molecular weight is 263 g/mol. The number of urea groups is 1. The normalized spacial score (nSPS) is 27.6. The Balaban J connectivity index is 1.60. The number of rotatable bonds is 3. The fraction of sp³-hybridized carbons (Fsp3) is 0.643. The molecule has 2 aliphatic rings. The summed E-state index contributed by atoms with van der Waals surface area (Å²) in [5.74, 6) is 2.32. The molecule has 0 bridgehead atoms. The third-order valence-electron chi connectivity index (χ3n) is 3.97. The monoisotopic (exact) mass is 263 g/mol. The highest BCUT2D eigenvalue weighted by Gasteiger charge is 2.33. The van der Waals surface area contributed by atoms with Crippen LogP contribution in [0.3, 0.4) is 0 Å². The van der Waals surface area contributed by atoms with Crippen molar-refractivity contribution in [3.8, 4) is 0 Å². The van der Waals surface area contributed by atoms with Gasteiger partial charge in [-0.3, -0.25) is 0 Å². The molecule has 5 heteroatoms. The van der Waals surface area contributed by atoms with Crippen LogP contribution in [0.15, 0.2) is 16.5 Å². The standard InChI is InChI=1S/C14H21N3O2/c1-10-4-5-13(19-10)12-9-17(14(18)16-12)8-11-3-2-6-15-7-11/h4-5,11-12,15H,2-3,6-9H2,1H3,(H,16,18). The van der Waals surface area contributed by atoms with Crippen molar-refractivity contribution in [3.63, 3.8) is 0 Å². The molecule has 0 aromatic carbocycles. The van der Waals surface area contributed by atoms with E-state index < -0.39 is 0 Å². The zero-order valence-corrected chi connectivity index (χ0v) is 11.3. The molecule has 1 aromatic heterocycles. The summed E-state index contributed by atoms with van der Waals surface area (Å²) in [5.41, 5.74) is 0. The predicted octanol–water partition coefficient (Wildman–Crippen LogP) is 1.65. The van der Waals surface area contributed by atoms with Crippen LogP contribution in [-0.4, -0.2) is 37.1 Å². The Hall–Kier alpha value is -1.49. The van der Waals surface area contributed by atoms with Crippen molar-refractivity contribution < 1.29 is 9.21 Å². The average Bonchev–Trinajstić information content (AvgIpc) is 2.98. The topological polar surface area (TPSA) is 57.5 Å². The lowest BCUT2D eigenvalue weighted by Gasteiger charge is -2.26. The second kappa shape index (κ2) is 5.25. The van der Waals surface area contributed by atoms with Crippen LogP contribution in [0.5, 0.6) is 0 Å². The molecule has 2 saturated heterocycles. The first-order valence-electron chi connectivity index (χ1n) is 7.05. The van der Waals surface area contributed by atoms with E-state index in [1.54, 1.807) is 0 Å². The molecule has 0 spiro atoms. The van der Waals surface area contributed by atoms with E-state index in [9.17, 15) is 4.79 Å². The summed E-state index contributed by atoms with van der Waals surface area (Å²) in [6.07, 6.45) is 2.42. The second-order valence-corrected chi connectivity index (χ2v) is 5.57.